The molecule has 2 atom stereocenters. The highest BCUT2D eigenvalue weighted by molar-refractivity contribution is 5.70. The molecule has 0 aromatic carbocycles. The van der Waals surface area contributed by atoms with Crippen LogP contribution < -0.4 is 0 Å². The van der Waals surface area contributed by atoms with Crippen LogP contribution in [0.1, 0.15) is 37.8 Å². The van der Waals surface area contributed by atoms with Crippen molar-refractivity contribution in [1.29, 1.82) is 0 Å². The van der Waals surface area contributed by atoms with Crippen molar-refractivity contribution in [3.05, 3.63) is 11.6 Å². The SMILES string of the molecule is CCN1CCCC1Cc1nnc2n1CCC(C(=O)O)C2. The van der Waals surface area contributed by atoms with Gasteiger partial charge >= 0.3 is 5.97 Å². The number of carboxylic acids is 1. The van der Waals surface area contributed by atoms with Gasteiger partial charge in [0, 0.05) is 25.4 Å². The number of likely N-dealkylation sites (tertiary alicyclic amines) is 1. The van der Waals surface area contributed by atoms with Gasteiger partial charge in [-0.2, -0.15) is 0 Å². The first-order valence-electron chi connectivity index (χ1n) is 7.56. The minimum Gasteiger partial charge on any atom is -0.481 e. The van der Waals surface area contributed by atoms with Crippen molar-refractivity contribution in [2.75, 3.05) is 13.1 Å². The maximum Gasteiger partial charge on any atom is 0.307 e. The molecule has 0 aliphatic carbocycles. The van der Waals surface area contributed by atoms with Gasteiger partial charge in [-0.15, -0.1) is 10.2 Å². The third kappa shape index (κ3) is 2.44. The highest BCUT2D eigenvalue weighted by Gasteiger charge is 2.30. The first kappa shape index (κ1) is 13.5. The Balaban J connectivity index is 1.72. The summed E-state index contributed by atoms with van der Waals surface area (Å²) in [6.07, 6.45) is 4.65. The lowest BCUT2D eigenvalue weighted by atomic mass is 9.98. The van der Waals surface area contributed by atoms with Crippen molar-refractivity contribution in [3.8, 4) is 0 Å². The highest BCUT2D eigenvalue weighted by atomic mass is 16.4. The average Bonchev–Trinajstić information content (AvgIpc) is 3.05. The molecule has 1 saturated heterocycles. The molecular formula is C14H22N4O2. The summed E-state index contributed by atoms with van der Waals surface area (Å²) in [5, 5.41) is 17.6. The summed E-state index contributed by atoms with van der Waals surface area (Å²) in [6, 6.07) is 0.575. The summed E-state index contributed by atoms with van der Waals surface area (Å²) in [5.41, 5.74) is 0. The van der Waals surface area contributed by atoms with E-state index in [2.05, 4.69) is 26.6 Å². The maximum atomic E-state index is 11.1. The van der Waals surface area contributed by atoms with Gasteiger partial charge in [-0.3, -0.25) is 4.79 Å². The van der Waals surface area contributed by atoms with Gasteiger partial charge in [-0.1, -0.05) is 6.92 Å². The quantitative estimate of drug-likeness (QED) is 0.888. The lowest BCUT2D eigenvalue weighted by Crippen LogP contribution is -2.32. The Morgan fingerprint density at radius 1 is 1.35 bits per heavy atom. The van der Waals surface area contributed by atoms with Crippen LogP contribution in [0.2, 0.25) is 0 Å². The van der Waals surface area contributed by atoms with E-state index in [-0.39, 0.29) is 5.92 Å². The van der Waals surface area contributed by atoms with Gasteiger partial charge < -0.3 is 14.6 Å². The van der Waals surface area contributed by atoms with E-state index in [9.17, 15) is 4.79 Å². The summed E-state index contributed by atoms with van der Waals surface area (Å²) in [4.78, 5) is 13.6. The van der Waals surface area contributed by atoms with E-state index < -0.39 is 5.97 Å². The minimum atomic E-state index is -0.714. The molecule has 0 amide bonds. The molecule has 1 aromatic rings. The molecule has 1 fully saturated rings. The minimum absolute atomic E-state index is 0.293. The van der Waals surface area contributed by atoms with Crippen LogP contribution in [0.3, 0.4) is 0 Å². The number of aliphatic carboxylic acids is 1. The van der Waals surface area contributed by atoms with Crippen LogP contribution >= 0.6 is 0 Å². The Morgan fingerprint density at radius 3 is 2.95 bits per heavy atom. The lowest BCUT2D eigenvalue weighted by Gasteiger charge is -2.24. The number of rotatable bonds is 4. The molecule has 1 N–H and O–H groups in total. The molecule has 6 nitrogen and oxygen atoms in total. The van der Waals surface area contributed by atoms with Crippen molar-refractivity contribution >= 4 is 5.97 Å². The number of fused-ring (bicyclic) bond motifs is 1. The fourth-order valence-electron chi connectivity index (χ4n) is 3.50. The van der Waals surface area contributed by atoms with Gasteiger partial charge in [0.15, 0.2) is 0 Å². The second kappa shape index (κ2) is 5.52. The number of likely N-dealkylation sites (N-methyl/N-ethyl adjacent to an activating group) is 1. The van der Waals surface area contributed by atoms with Crippen molar-refractivity contribution in [3.63, 3.8) is 0 Å². The Morgan fingerprint density at radius 2 is 2.20 bits per heavy atom. The van der Waals surface area contributed by atoms with Crippen LogP contribution in [0.5, 0.6) is 0 Å². The maximum absolute atomic E-state index is 11.1. The lowest BCUT2D eigenvalue weighted by molar-refractivity contribution is -0.142. The largest absolute Gasteiger partial charge is 0.481 e. The highest BCUT2D eigenvalue weighted by Crippen LogP contribution is 2.24. The molecule has 2 aliphatic heterocycles. The Labute approximate surface area is 118 Å². The van der Waals surface area contributed by atoms with E-state index in [4.69, 9.17) is 5.11 Å². The molecule has 0 bridgehead atoms. The second-order valence-electron chi connectivity index (χ2n) is 5.84. The molecular weight excluding hydrogens is 256 g/mol. The Hall–Kier alpha value is -1.43. The van der Waals surface area contributed by atoms with E-state index in [1.165, 1.54) is 19.4 Å². The molecule has 110 valence electrons. The zero-order valence-electron chi connectivity index (χ0n) is 12.0. The van der Waals surface area contributed by atoms with Crippen LogP contribution in [0.4, 0.5) is 0 Å². The summed E-state index contributed by atoms with van der Waals surface area (Å²) >= 11 is 0. The first-order valence-corrected chi connectivity index (χ1v) is 7.56. The zero-order valence-corrected chi connectivity index (χ0v) is 12.0. The van der Waals surface area contributed by atoms with Crippen LogP contribution in [0.15, 0.2) is 0 Å². The molecule has 0 radical (unpaired) electrons. The number of carbonyl (C=O) groups is 1. The third-order valence-corrected chi connectivity index (χ3v) is 4.71. The molecule has 0 saturated carbocycles. The molecule has 2 unspecified atom stereocenters. The van der Waals surface area contributed by atoms with Crippen LogP contribution in [0, 0.1) is 5.92 Å². The number of hydrogen-bond acceptors (Lipinski definition) is 4. The Bertz CT molecular complexity index is 499. The van der Waals surface area contributed by atoms with Gasteiger partial charge in [0.25, 0.3) is 0 Å². The molecule has 20 heavy (non-hydrogen) atoms. The standard InChI is InChI=1S/C14H22N4O2/c1-2-17-6-3-4-11(17)9-13-16-15-12-8-10(14(19)20)5-7-18(12)13/h10-11H,2-9H2,1H3,(H,19,20). The zero-order chi connectivity index (χ0) is 14.1. The van der Waals surface area contributed by atoms with Crippen LogP contribution in [-0.2, 0) is 24.2 Å². The summed E-state index contributed by atoms with van der Waals surface area (Å²) in [6.45, 7) is 5.22. The fraction of sp³-hybridized carbons (Fsp3) is 0.786. The number of aromatic nitrogens is 3. The van der Waals surface area contributed by atoms with E-state index in [1.54, 1.807) is 0 Å². The van der Waals surface area contributed by atoms with Gasteiger partial charge in [-0.25, -0.2) is 0 Å². The average molecular weight is 278 g/mol. The van der Waals surface area contributed by atoms with Crippen molar-refractivity contribution in [1.82, 2.24) is 19.7 Å². The Kier molecular flexibility index (Phi) is 3.74. The van der Waals surface area contributed by atoms with Gasteiger partial charge in [-0.05, 0) is 32.4 Å². The summed E-state index contributed by atoms with van der Waals surface area (Å²) in [5.74, 6) is 0.876. The molecule has 1 aromatic heterocycles. The van der Waals surface area contributed by atoms with E-state index in [0.717, 1.165) is 31.2 Å². The van der Waals surface area contributed by atoms with E-state index >= 15 is 0 Å². The van der Waals surface area contributed by atoms with Crippen LogP contribution in [-0.4, -0.2) is 49.9 Å². The fourth-order valence-corrected chi connectivity index (χ4v) is 3.50. The molecule has 6 heteroatoms. The summed E-state index contributed by atoms with van der Waals surface area (Å²) < 4.78 is 2.14. The number of nitrogens with zero attached hydrogens (tertiary/aromatic N) is 4. The second-order valence-corrected chi connectivity index (χ2v) is 5.84. The monoisotopic (exact) mass is 278 g/mol. The predicted molar refractivity (Wildman–Crippen MR) is 73.4 cm³/mol. The molecule has 2 aliphatic rings. The van der Waals surface area contributed by atoms with E-state index in [1.807, 2.05) is 0 Å². The van der Waals surface area contributed by atoms with Crippen LogP contribution in [0.25, 0.3) is 0 Å². The predicted octanol–water partition coefficient (Wildman–Crippen LogP) is 0.952. The molecule has 3 heterocycles. The number of hydrogen-bond donors (Lipinski definition) is 1. The van der Waals surface area contributed by atoms with Gasteiger partial charge in [0.2, 0.25) is 0 Å². The van der Waals surface area contributed by atoms with Crippen molar-refractivity contribution < 1.29 is 9.90 Å². The smallest absolute Gasteiger partial charge is 0.307 e. The van der Waals surface area contributed by atoms with Gasteiger partial charge in [0.05, 0.1) is 5.92 Å². The van der Waals surface area contributed by atoms with Crippen molar-refractivity contribution in [2.24, 2.45) is 5.92 Å². The van der Waals surface area contributed by atoms with Gasteiger partial charge in [0.1, 0.15) is 11.6 Å². The van der Waals surface area contributed by atoms with E-state index in [0.29, 0.717) is 18.9 Å². The number of carboxylic acid groups (broad SMARTS) is 1. The third-order valence-electron chi connectivity index (χ3n) is 4.71. The molecule has 0 spiro atoms. The summed E-state index contributed by atoms with van der Waals surface area (Å²) in [7, 11) is 0. The molecule has 3 rings (SSSR count). The van der Waals surface area contributed by atoms with Crippen molar-refractivity contribution in [2.45, 2.75) is 51.6 Å². The topological polar surface area (TPSA) is 71.2 Å². The first-order chi connectivity index (χ1) is 9.69. The normalized spacial score (nSPS) is 26.6.